The van der Waals surface area contributed by atoms with Crippen molar-refractivity contribution in [1.82, 2.24) is 5.32 Å². The third kappa shape index (κ3) is 2.53. The Hall–Kier alpha value is -1.71. The van der Waals surface area contributed by atoms with E-state index < -0.39 is 0 Å². The van der Waals surface area contributed by atoms with E-state index in [1.165, 1.54) is 5.56 Å². The van der Waals surface area contributed by atoms with Crippen molar-refractivity contribution in [1.29, 1.82) is 0 Å². The van der Waals surface area contributed by atoms with Crippen LogP contribution >= 0.6 is 0 Å². The summed E-state index contributed by atoms with van der Waals surface area (Å²) in [7, 11) is 0. The smallest absolute Gasteiger partial charge is 0.219 e. The highest BCUT2D eigenvalue weighted by atomic mass is 16.6. The van der Waals surface area contributed by atoms with Crippen molar-refractivity contribution in [3.8, 4) is 11.5 Å². The van der Waals surface area contributed by atoms with Crippen molar-refractivity contribution in [2.24, 2.45) is 5.92 Å². The van der Waals surface area contributed by atoms with Crippen LogP contribution in [-0.4, -0.2) is 25.7 Å². The number of ether oxygens (including phenoxy) is 2. The third-order valence-corrected chi connectivity index (χ3v) is 3.80. The standard InChI is InChI=1S/C15H19NO3/c1-2-14(17)16-9-10-8-12(10)11-4-3-5-13-15(11)19-7-6-18-13/h3-5,10,12H,2,6-9H2,1H3,(H,16,17). The van der Waals surface area contributed by atoms with Gasteiger partial charge in [-0.1, -0.05) is 19.1 Å². The van der Waals surface area contributed by atoms with Gasteiger partial charge in [0.25, 0.3) is 0 Å². The summed E-state index contributed by atoms with van der Waals surface area (Å²) in [6.07, 6.45) is 1.67. The number of amides is 1. The highest BCUT2D eigenvalue weighted by molar-refractivity contribution is 5.75. The Labute approximate surface area is 113 Å². The van der Waals surface area contributed by atoms with E-state index in [9.17, 15) is 4.79 Å². The van der Waals surface area contributed by atoms with E-state index in [0.29, 0.717) is 31.5 Å². The monoisotopic (exact) mass is 261 g/mol. The van der Waals surface area contributed by atoms with Crippen LogP contribution in [0.15, 0.2) is 18.2 Å². The Morgan fingerprint density at radius 1 is 1.37 bits per heavy atom. The molecule has 1 saturated carbocycles. The molecule has 1 fully saturated rings. The summed E-state index contributed by atoms with van der Waals surface area (Å²) in [5.41, 5.74) is 1.23. The summed E-state index contributed by atoms with van der Waals surface area (Å²) >= 11 is 0. The number of nitrogens with one attached hydrogen (secondary N) is 1. The predicted octanol–water partition coefficient (Wildman–Crippen LogP) is 2.09. The van der Waals surface area contributed by atoms with Crippen molar-refractivity contribution in [3.63, 3.8) is 0 Å². The second kappa shape index (κ2) is 5.11. The molecule has 4 heteroatoms. The van der Waals surface area contributed by atoms with Crippen LogP contribution in [0.3, 0.4) is 0 Å². The van der Waals surface area contributed by atoms with Gasteiger partial charge in [-0.2, -0.15) is 0 Å². The van der Waals surface area contributed by atoms with Gasteiger partial charge in [0.15, 0.2) is 11.5 Å². The lowest BCUT2D eigenvalue weighted by Crippen LogP contribution is -2.24. The van der Waals surface area contributed by atoms with Gasteiger partial charge >= 0.3 is 0 Å². The minimum Gasteiger partial charge on any atom is -0.486 e. The van der Waals surface area contributed by atoms with E-state index in [2.05, 4.69) is 11.4 Å². The van der Waals surface area contributed by atoms with Crippen LogP contribution < -0.4 is 14.8 Å². The third-order valence-electron chi connectivity index (χ3n) is 3.80. The average molecular weight is 261 g/mol. The van der Waals surface area contributed by atoms with Crippen LogP contribution in [-0.2, 0) is 4.79 Å². The molecule has 1 aromatic rings. The molecule has 19 heavy (non-hydrogen) atoms. The maximum absolute atomic E-state index is 11.3. The molecule has 0 saturated heterocycles. The first kappa shape index (κ1) is 12.3. The highest BCUT2D eigenvalue weighted by Crippen LogP contribution is 2.52. The molecule has 1 aromatic carbocycles. The molecule has 0 radical (unpaired) electrons. The number of carbonyl (C=O) groups excluding carboxylic acids is 1. The summed E-state index contributed by atoms with van der Waals surface area (Å²) in [6, 6.07) is 6.08. The Morgan fingerprint density at radius 2 is 2.21 bits per heavy atom. The first-order chi connectivity index (χ1) is 9.29. The van der Waals surface area contributed by atoms with Gasteiger partial charge in [-0.05, 0) is 24.3 Å². The molecular weight excluding hydrogens is 242 g/mol. The van der Waals surface area contributed by atoms with E-state index in [4.69, 9.17) is 9.47 Å². The van der Waals surface area contributed by atoms with Gasteiger partial charge < -0.3 is 14.8 Å². The molecule has 2 aliphatic rings. The second-order valence-electron chi connectivity index (χ2n) is 5.13. The fourth-order valence-electron chi connectivity index (χ4n) is 2.61. The zero-order valence-electron chi connectivity index (χ0n) is 11.1. The lowest BCUT2D eigenvalue weighted by Gasteiger charge is -2.21. The van der Waals surface area contributed by atoms with Gasteiger partial charge in [-0.25, -0.2) is 0 Å². The van der Waals surface area contributed by atoms with Gasteiger partial charge in [0, 0.05) is 18.5 Å². The van der Waals surface area contributed by atoms with Gasteiger partial charge in [0.2, 0.25) is 5.91 Å². The molecule has 4 nitrogen and oxygen atoms in total. The number of fused-ring (bicyclic) bond motifs is 1. The molecule has 0 bridgehead atoms. The van der Waals surface area contributed by atoms with Crippen molar-refractivity contribution in [3.05, 3.63) is 23.8 Å². The lowest BCUT2D eigenvalue weighted by atomic mass is 10.1. The van der Waals surface area contributed by atoms with Crippen molar-refractivity contribution >= 4 is 5.91 Å². The van der Waals surface area contributed by atoms with E-state index in [-0.39, 0.29) is 5.91 Å². The molecule has 3 rings (SSSR count). The van der Waals surface area contributed by atoms with Crippen LogP contribution in [0.4, 0.5) is 0 Å². The van der Waals surface area contributed by atoms with Gasteiger partial charge in [0.05, 0.1) is 0 Å². The van der Waals surface area contributed by atoms with Gasteiger partial charge in [-0.15, -0.1) is 0 Å². The van der Waals surface area contributed by atoms with Crippen LogP contribution in [0.25, 0.3) is 0 Å². The van der Waals surface area contributed by atoms with Crippen LogP contribution in [0.1, 0.15) is 31.2 Å². The molecule has 1 N–H and O–H groups in total. The van der Waals surface area contributed by atoms with Gasteiger partial charge in [-0.3, -0.25) is 4.79 Å². The average Bonchev–Trinajstić information content (AvgIpc) is 3.23. The minimum atomic E-state index is 0.125. The summed E-state index contributed by atoms with van der Waals surface area (Å²) < 4.78 is 11.3. The summed E-state index contributed by atoms with van der Waals surface area (Å²) in [4.78, 5) is 11.3. The Bertz CT molecular complexity index is 486. The fourth-order valence-corrected chi connectivity index (χ4v) is 2.61. The molecule has 1 aliphatic heterocycles. The van der Waals surface area contributed by atoms with Crippen LogP contribution in [0.5, 0.6) is 11.5 Å². The molecule has 0 spiro atoms. The van der Waals surface area contributed by atoms with E-state index in [1.807, 2.05) is 19.1 Å². The van der Waals surface area contributed by atoms with Crippen molar-refractivity contribution in [2.45, 2.75) is 25.7 Å². The number of hydrogen-bond donors (Lipinski definition) is 1. The topological polar surface area (TPSA) is 47.6 Å². The predicted molar refractivity (Wildman–Crippen MR) is 71.6 cm³/mol. The maximum atomic E-state index is 11.3. The fraction of sp³-hybridized carbons (Fsp3) is 0.533. The van der Waals surface area contributed by atoms with Gasteiger partial charge in [0.1, 0.15) is 13.2 Å². The number of rotatable bonds is 4. The quantitative estimate of drug-likeness (QED) is 0.902. The van der Waals surface area contributed by atoms with E-state index in [0.717, 1.165) is 24.5 Å². The maximum Gasteiger partial charge on any atom is 0.219 e. The number of hydrogen-bond acceptors (Lipinski definition) is 3. The first-order valence-electron chi connectivity index (χ1n) is 6.94. The molecule has 1 heterocycles. The SMILES string of the molecule is CCC(=O)NCC1CC1c1cccc2c1OCCO2. The molecule has 1 amide bonds. The summed E-state index contributed by atoms with van der Waals surface area (Å²) in [5, 5.41) is 2.96. The Morgan fingerprint density at radius 3 is 3.05 bits per heavy atom. The Balaban J connectivity index is 1.66. The lowest BCUT2D eigenvalue weighted by molar-refractivity contribution is -0.120. The zero-order valence-corrected chi connectivity index (χ0v) is 11.1. The molecule has 2 unspecified atom stereocenters. The van der Waals surface area contributed by atoms with Crippen LogP contribution in [0, 0.1) is 5.92 Å². The van der Waals surface area contributed by atoms with E-state index >= 15 is 0 Å². The van der Waals surface area contributed by atoms with Crippen LogP contribution in [0.2, 0.25) is 0 Å². The molecular formula is C15H19NO3. The van der Waals surface area contributed by atoms with Crippen molar-refractivity contribution in [2.75, 3.05) is 19.8 Å². The largest absolute Gasteiger partial charge is 0.486 e. The number of para-hydroxylation sites is 1. The van der Waals surface area contributed by atoms with Crippen molar-refractivity contribution < 1.29 is 14.3 Å². The summed E-state index contributed by atoms with van der Waals surface area (Å²) in [6.45, 7) is 3.88. The second-order valence-corrected chi connectivity index (χ2v) is 5.13. The summed E-state index contributed by atoms with van der Waals surface area (Å²) in [5.74, 6) is 2.91. The Kier molecular flexibility index (Phi) is 3.32. The minimum absolute atomic E-state index is 0.125. The highest BCUT2D eigenvalue weighted by Gasteiger charge is 2.40. The normalized spacial score (nSPS) is 23.8. The molecule has 102 valence electrons. The molecule has 2 atom stereocenters. The zero-order chi connectivity index (χ0) is 13.2. The number of carbonyl (C=O) groups is 1. The molecule has 0 aromatic heterocycles. The first-order valence-corrected chi connectivity index (χ1v) is 6.94. The molecule has 1 aliphatic carbocycles. The number of benzene rings is 1. The van der Waals surface area contributed by atoms with E-state index in [1.54, 1.807) is 0 Å².